The minimum Gasteiger partial charge on any atom is -0.398 e. The Kier molecular flexibility index (Phi) is 2.29. The maximum atomic E-state index is 12.0. The molecule has 0 atom stereocenters. The van der Waals surface area contributed by atoms with Gasteiger partial charge in [0.2, 0.25) is 0 Å². The SMILES string of the molecule is Nc1ccc(C(F)F)cc1Cl. The highest BCUT2D eigenvalue weighted by molar-refractivity contribution is 6.33. The lowest BCUT2D eigenvalue weighted by Crippen LogP contribution is -1.89. The monoisotopic (exact) mass is 177 g/mol. The van der Waals surface area contributed by atoms with E-state index in [-0.39, 0.29) is 10.6 Å². The Balaban J connectivity index is 3.05. The summed E-state index contributed by atoms with van der Waals surface area (Å²) in [6.45, 7) is 0. The van der Waals surface area contributed by atoms with Gasteiger partial charge in [0.05, 0.1) is 10.7 Å². The number of hydrogen-bond donors (Lipinski definition) is 1. The molecule has 1 rings (SSSR count). The first-order valence-electron chi connectivity index (χ1n) is 2.94. The van der Waals surface area contributed by atoms with Crippen LogP contribution in [0.15, 0.2) is 18.2 Å². The zero-order chi connectivity index (χ0) is 8.43. The molecule has 60 valence electrons. The number of alkyl halides is 2. The molecule has 0 unspecified atom stereocenters. The number of benzene rings is 1. The van der Waals surface area contributed by atoms with Crippen LogP contribution in [-0.2, 0) is 0 Å². The van der Waals surface area contributed by atoms with Crippen LogP contribution in [0, 0.1) is 0 Å². The van der Waals surface area contributed by atoms with Crippen LogP contribution < -0.4 is 5.73 Å². The summed E-state index contributed by atoms with van der Waals surface area (Å²) in [4.78, 5) is 0. The lowest BCUT2D eigenvalue weighted by molar-refractivity contribution is 0.151. The largest absolute Gasteiger partial charge is 0.398 e. The first-order valence-corrected chi connectivity index (χ1v) is 3.32. The zero-order valence-corrected chi connectivity index (χ0v) is 6.28. The van der Waals surface area contributed by atoms with Gasteiger partial charge in [0, 0.05) is 5.56 Å². The van der Waals surface area contributed by atoms with Crippen LogP contribution in [0.25, 0.3) is 0 Å². The second-order valence-corrected chi connectivity index (χ2v) is 2.49. The minimum atomic E-state index is -2.49. The topological polar surface area (TPSA) is 26.0 Å². The smallest absolute Gasteiger partial charge is 0.263 e. The molecule has 0 amide bonds. The van der Waals surface area contributed by atoms with Gasteiger partial charge in [0.25, 0.3) is 6.43 Å². The van der Waals surface area contributed by atoms with E-state index in [0.717, 1.165) is 0 Å². The molecule has 0 saturated carbocycles. The van der Waals surface area contributed by atoms with E-state index < -0.39 is 6.43 Å². The van der Waals surface area contributed by atoms with E-state index in [4.69, 9.17) is 17.3 Å². The van der Waals surface area contributed by atoms with E-state index in [2.05, 4.69) is 0 Å². The molecular formula is C7H6ClF2N. The molecule has 0 spiro atoms. The predicted octanol–water partition coefficient (Wildman–Crippen LogP) is 2.86. The average molecular weight is 178 g/mol. The lowest BCUT2D eigenvalue weighted by Gasteiger charge is -2.01. The van der Waals surface area contributed by atoms with Gasteiger partial charge in [-0.2, -0.15) is 0 Å². The Morgan fingerprint density at radius 2 is 2.00 bits per heavy atom. The third-order valence-electron chi connectivity index (χ3n) is 1.28. The summed E-state index contributed by atoms with van der Waals surface area (Å²) in [6, 6.07) is 3.79. The maximum Gasteiger partial charge on any atom is 0.263 e. The molecule has 0 radical (unpaired) electrons. The fourth-order valence-electron chi connectivity index (χ4n) is 0.679. The van der Waals surface area contributed by atoms with E-state index in [0.29, 0.717) is 5.69 Å². The molecule has 1 aromatic rings. The van der Waals surface area contributed by atoms with Crippen molar-refractivity contribution in [1.29, 1.82) is 0 Å². The van der Waals surface area contributed by atoms with Gasteiger partial charge in [-0.25, -0.2) is 8.78 Å². The Morgan fingerprint density at radius 3 is 2.45 bits per heavy atom. The van der Waals surface area contributed by atoms with Gasteiger partial charge < -0.3 is 5.73 Å². The van der Waals surface area contributed by atoms with Crippen molar-refractivity contribution in [3.8, 4) is 0 Å². The molecule has 11 heavy (non-hydrogen) atoms. The van der Waals surface area contributed by atoms with E-state index in [9.17, 15) is 8.78 Å². The summed E-state index contributed by atoms with van der Waals surface area (Å²) < 4.78 is 24.0. The molecule has 0 heterocycles. The van der Waals surface area contributed by atoms with Gasteiger partial charge in [-0.3, -0.25) is 0 Å². The third kappa shape index (κ3) is 1.80. The molecule has 1 nitrogen and oxygen atoms in total. The van der Waals surface area contributed by atoms with Crippen LogP contribution in [-0.4, -0.2) is 0 Å². The summed E-state index contributed by atoms with van der Waals surface area (Å²) in [5.41, 5.74) is 5.52. The average Bonchev–Trinajstić information content (AvgIpc) is 1.94. The van der Waals surface area contributed by atoms with Crippen LogP contribution >= 0.6 is 11.6 Å². The number of nitrogen functional groups attached to an aromatic ring is 1. The van der Waals surface area contributed by atoms with Crippen molar-refractivity contribution in [3.05, 3.63) is 28.8 Å². The first kappa shape index (κ1) is 8.27. The summed E-state index contributed by atoms with van der Waals surface area (Å²) in [5.74, 6) is 0. The zero-order valence-electron chi connectivity index (χ0n) is 5.52. The fraction of sp³-hybridized carbons (Fsp3) is 0.143. The maximum absolute atomic E-state index is 12.0. The van der Waals surface area contributed by atoms with Crippen LogP contribution in [0.2, 0.25) is 5.02 Å². The summed E-state index contributed by atoms with van der Waals surface area (Å²) in [5, 5.41) is 0.169. The standard InChI is InChI=1S/C7H6ClF2N/c8-5-3-4(7(9)10)1-2-6(5)11/h1-3,7H,11H2. The summed E-state index contributed by atoms with van der Waals surface area (Å²) >= 11 is 5.50. The van der Waals surface area contributed by atoms with Gasteiger partial charge in [0.1, 0.15) is 0 Å². The van der Waals surface area contributed by atoms with Gasteiger partial charge in [-0.15, -0.1) is 0 Å². The van der Waals surface area contributed by atoms with Crippen molar-refractivity contribution >= 4 is 17.3 Å². The fourth-order valence-corrected chi connectivity index (χ4v) is 0.868. The minimum absolute atomic E-state index is 0.107. The number of halogens is 3. The molecule has 0 aromatic heterocycles. The lowest BCUT2D eigenvalue weighted by atomic mass is 10.2. The van der Waals surface area contributed by atoms with E-state index in [1.165, 1.54) is 18.2 Å². The second-order valence-electron chi connectivity index (χ2n) is 2.08. The molecule has 0 aliphatic carbocycles. The van der Waals surface area contributed by atoms with E-state index >= 15 is 0 Å². The van der Waals surface area contributed by atoms with Gasteiger partial charge in [0.15, 0.2) is 0 Å². The Labute approximate surface area is 67.8 Å². The van der Waals surface area contributed by atoms with Crippen LogP contribution in [0.3, 0.4) is 0 Å². The molecule has 0 fully saturated rings. The summed E-state index contributed by atoms with van der Waals surface area (Å²) in [6.07, 6.45) is -2.49. The van der Waals surface area contributed by atoms with Gasteiger partial charge >= 0.3 is 0 Å². The second kappa shape index (κ2) is 3.05. The van der Waals surface area contributed by atoms with Crippen molar-refractivity contribution in [2.45, 2.75) is 6.43 Å². The molecule has 4 heteroatoms. The van der Waals surface area contributed by atoms with Crippen molar-refractivity contribution in [3.63, 3.8) is 0 Å². The number of anilines is 1. The number of nitrogens with two attached hydrogens (primary N) is 1. The van der Waals surface area contributed by atoms with Crippen molar-refractivity contribution in [2.24, 2.45) is 0 Å². The van der Waals surface area contributed by atoms with Crippen LogP contribution in [0.4, 0.5) is 14.5 Å². The molecule has 0 aliphatic heterocycles. The molecule has 0 bridgehead atoms. The highest BCUT2D eigenvalue weighted by Gasteiger charge is 2.07. The molecular weight excluding hydrogens is 172 g/mol. The van der Waals surface area contributed by atoms with Crippen molar-refractivity contribution < 1.29 is 8.78 Å². The highest BCUT2D eigenvalue weighted by Crippen LogP contribution is 2.25. The van der Waals surface area contributed by atoms with Gasteiger partial charge in [-0.05, 0) is 12.1 Å². The normalized spacial score (nSPS) is 10.5. The van der Waals surface area contributed by atoms with Gasteiger partial charge in [-0.1, -0.05) is 17.7 Å². The van der Waals surface area contributed by atoms with E-state index in [1.54, 1.807) is 0 Å². The van der Waals surface area contributed by atoms with Crippen LogP contribution in [0.5, 0.6) is 0 Å². The first-order chi connectivity index (χ1) is 5.11. The third-order valence-corrected chi connectivity index (χ3v) is 1.60. The Bertz CT molecular complexity index is 263. The van der Waals surface area contributed by atoms with E-state index in [1.807, 2.05) is 0 Å². The highest BCUT2D eigenvalue weighted by atomic mass is 35.5. The van der Waals surface area contributed by atoms with Crippen molar-refractivity contribution in [1.82, 2.24) is 0 Å². The molecule has 0 saturated heterocycles. The summed E-state index contributed by atoms with van der Waals surface area (Å²) in [7, 11) is 0. The number of rotatable bonds is 1. The molecule has 0 aliphatic rings. The molecule has 2 N–H and O–H groups in total. The Hall–Kier alpha value is -0.830. The predicted molar refractivity (Wildman–Crippen MR) is 40.8 cm³/mol. The number of hydrogen-bond acceptors (Lipinski definition) is 1. The quantitative estimate of drug-likeness (QED) is 0.656. The molecule has 1 aromatic carbocycles. The van der Waals surface area contributed by atoms with Crippen LogP contribution in [0.1, 0.15) is 12.0 Å². The Morgan fingerprint density at radius 1 is 1.36 bits per heavy atom. The van der Waals surface area contributed by atoms with Crippen molar-refractivity contribution in [2.75, 3.05) is 5.73 Å².